The number of benzene rings is 1. The molecular formula is C14H14INO3. The lowest BCUT2D eigenvalue weighted by Gasteiger charge is -2.14. The van der Waals surface area contributed by atoms with E-state index in [0.717, 1.165) is 3.57 Å². The highest BCUT2D eigenvalue weighted by Crippen LogP contribution is 2.16. The molecule has 0 saturated heterocycles. The number of rotatable bonds is 5. The Kier molecular flexibility index (Phi) is 4.98. The topological polar surface area (TPSA) is 51.5 Å². The molecule has 0 radical (unpaired) electrons. The maximum Gasteiger partial charge on any atom is 0.252 e. The van der Waals surface area contributed by atoms with Crippen molar-refractivity contribution in [1.29, 1.82) is 0 Å². The van der Waals surface area contributed by atoms with Crippen LogP contribution in [0.5, 0.6) is 0 Å². The van der Waals surface area contributed by atoms with E-state index in [4.69, 9.17) is 9.15 Å². The second kappa shape index (κ2) is 6.72. The molecular weight excluding hydrogens is 357 g/mol. The van der Waals surface area contributed by atoms with E-state index in [9.17, 15) is 4.79 Å². The van der Waals surface area contributed by atoms with Gasteiger partial charge < -0.3 is 14.5 Å². The van der Waals surface area contributed by atoms with E-state index in [1.165, 1.54) is 0 Å². The van der Waals surface area contributed by atoms with Gasteiger partial charge in [-0.05, 0) is 46.9 Å². The number of methoxy groups -OCH3 is 1. The average Bonchev–Trinajstić information content (AvgIpc) is 2.94. The highest BCUT2D eigenvalue weighted by molar-refractivity contribution is 14.1. The minimum atomic E-state index is -0.277. The van der Waals surface area contributed by atoms with Gasteiger partial charge in [0.2, 0.25) is 0 Å². The summed E-state index contributed by atoms with van der Waals surface area (Å²) in [7, 11) is 1.59. The van der Waals surface area contributed by atoms with E-state index in [-0.39, 0.29) is 12.0 Å². The molecule has 2 aromatic rings. The SMILES string of the molecule is COC(CNC(=O)c1ccccc1I)c1ccco1. The Balaban J connectivity index is 1.98. The van der Waals surface area contributed by atoms with Gasteiger partial charge in [-0.3, -0.25) is 4.79 Å². The lowest BCUT2D eigenvalue weighted by Crippen LogP contribution is -2.29. The molecule has 0 aliphatic heterocycles. The van der Waals surface area contributed by atoms with Gasteiger partial charge in [0.05, 0.1) is 18.4 Å². The number of furan rings is 1. The van der Waals surface area contributed by atoms with Crippen molar-refractivity contribution >= 4 is 28.5 Å². The highest BCUT2D eigenvalue weighted by Gasteiger charge is 2.16. The highest BCUT2D eigenvalue weighted by atomic mass is 127. The van der Waals surface area contributed by atoms with Gasteiger partial charge in [0.25, 0.3) is 5.91 Å². The van der Waals surface area contributed by atoms with Crippen LogP contribution in [0.4, 0.5) is 0 Å². The largest absolute Gasteiger partial charge is 0.467 e. The number of amides is 1. The molecule has 1 amide bonds. The molecule has 0 aliphatic rings. The van der Waals surface area contributed by atoms with Crippen LogP contribution in [0.2, 0.25) is 0 Å². The van der Waals surface area contributed by atoms with Crippen molar-refractivity contribution in [3.63, 3.8) is 0 Å². The van der Waals surface area contributed by atoms with Crippen LogP contribution in [0, 0.1) is 3.57 Å². The minimum absolute atomic E-state index is 0.112. The number of ether oxygens (including phenoxy) is 1. The van der Waals surface area contributed by atoms with Crippen molar-refractivity contribution in [2.75, 3.05) is 13.7 Å². The maximum absolute atomic E-state index is 12.1. The summed E-state index contributed by atoms with van der Waals surface area (Å²) in [5.41, 5.74) is 0.664. The van der Waals surface area contributed by atoms with Crippen molar-refractivity contribution in [2.24, 2.45) is 0 Å². The summed E-state index contributed by atoms with van der Waals surface area (Å²) in [6.45, 7) is 0.369. The van der Waals surface area contributed by atoms with E-state index in [2.05, 4.69) is 27.9 Å². The molecule has 19 heavy (non-hydrogen) atoms. The molecule has 1 unspecified atom stereocenters. The molecule has 1 aromatic heterocycles. The molecule has 1 aromatic carbocycles. The normalized spacial score (nSPS) is 12.1. The number of carbonyl (C=O) groups is 1. The first-order valence-electron chi connectivity index (χ1n) is 5.81. The van der Waals surface area contributed by atoms with Crippen LogP contribution >= 0.6 is 22.6 Å². The summed E-state index contributed by atoms with van der Waals surface area (Å²) < 4.78 is 11.5. The zero-order chi connectivity index (χ0) is 13.7. The Morgan fingerprint density at radius 3 is 2.79 bits per heavy atom. The summed E-state index contributed by atoms with van der Waals surface area (Å²) in [5.74, 6) is 0.587. The lowest BCUT2D eigenvalue weighted by molar-refractivity contribution is 0.0738. The smallest absolute Gasteiger partial charge is 0.252 e. The molecule has 0 spiro atoms. The number of carbonyl (C=O) groups excluding carboxylic acids is 1. The third kappa shape index (κ3) is 3.57. The van der Waals surface area contributed by atoms with Crippen molar-refractivity contribution in [3.05, 3.63) is 57.6 Å². The molecule has 0 saturated carbocycles. The standard InChI is InChI=1S/C14H14INO3/c1-18-13(12-7-4-8-19-12)9-16-14(17)10-5-2-3-6-11(10)15/h2-8,13H,9H2,1H3,(H,16,17). The fraction of sp³-hybridized carbons (Fsp3) is 0.214. The van der Waals surface area contributed by atoms with Crippen LogP contribution in [0.15, 0.2) is 47.1 Å². The number of hydrogen-bond donors (Lipinski definition) is 1. The predicted molar refractivity (Wildman–Crippen MR) is 80.0 cm³/mol. The van der Waals surface area contributed by atoms with Crippen LogP contribution in [0.25, 0.3) is 0 Å². The summed E-state index contributed by atoms with van der Waals surface area (Å²) in [4.78, 5) is 12.1. The Bertz CT molecular complexity index is 539. The average molecular weight is 371 g/mol. The zero-order valence-electron chi connectivity index (χ0n) is 10.4. The van der Waals surface area contributed by atoms with E-state index in [0.29, 0.717) is 17.9 Å². The summed E-state index contributed by atoms with van der Waals surface area (Å²) in [6, 6.07) is 11.1. The van der Waals surface area contributed by atoms with E-state index in [1.807, 2.05) is 24.3 Å². The van der Waals surface area contributed by atoms with Crippen molar-refractivity contribution < 1.29 is 13.9 Å². The third-order valence-corrected chi connectivity index (χ3v) is 3.65. The van der Waals surface area contributed by atoms with Gasteiger partial charge in [0.15, 0.2) is 0 Å². The molecule has 0 aliphatic carbocycles. The summed E-state index contributed by atoms with van der Waals surface area (Å²) in [6.07, 6.45) is 1.31. The van der Waals surface area contributed by atoms with Gasteiger partial charge in [-0.1, -0.05) is 12.1 Å². The monoisotopic (exact) mass is 371 g/mol. The van der Waals surface area contributed by atoms with Gasteiger partial charge >= 0.3 is 0 Å². The number of hydrogen-bond acceptors (Lipinski definition) is 3. The van der Waals surface area contributed by atoms with Crippen molar-refractivity contribution in [2.45, 2.75) is 6.10 Å². The van der Waals surface area contributed by atoms with Gasteiger partial charge in [0, 0.05) is 10.7 Å². The van der Waals surface area contributed by atoms with Crippen LogP contribution in [-0.2, 0) is 4.74 Å². The fourth-order valence-electron chi connectivity index (χ4n) is 1.70. The zero-order valence-corrected chi connectivity index (χ0v) is 12.6. The quantitative estimate of drug-likeness (QED) is 0.823. The van der Waals surface area contributed by atoms with Gasteiger partial charge in [-0.25, -0.2) is 0 Å². The fourth-order valence-corrected chi connectivity index (χ4v) is 2.33. The predicted octanol–water partition coefficient (Wildman–Crippen LogP) is 3.00. The summed E-state index contributed by atoms with van der Waals surface area (Å²) >= 11 is 2.14. The van der Waals surface area contributed by atoms with E-state index in [1.54, 1.807) is 25.5 Å². The minimum Gasteiger partial charge on any atom is -0.467 e. The number of halogens is 1. The third-order valence-electron chi connectivity index (χ3n) is 2.71. The molecule has 0 fully saturated rings. The Labute approximate surface area is 125 Å². The second-order valence-corrected chi connectivity index (χ2v) is 5.09. The van der Waals surface area contributed by atoms with Crippen molar-refractivity contribution in [3.8, 4) is 0 Å². The Hall–Kier alpha value is -1.34. The van der Waals surface area contributed by atoms with Crippen molar-refractivity contribution in [1.82, 2.24) is 5.32 Å². The molecule has 0 bridgehead atoms. The number of nitrogens with one attached hydrogen (secondary N) is 1. The van der Waals surface area contributed by atoms with Crippen LogP contribution in [-0.4, -0.2) is 19.6 Å². The Morgan fingerprint density at radius 1 is 1.37 bits per heavy atom. The van der Waals surface area contributed by atoms with E-state index < -0.39 is 0 Å². The molecule has 100 valence electrons. The lowest BCUT2D eigenvalue weighted by atomic mass is 10.2. The van der Waals surface area contributed by atoms with Gasteiger partial charge in [-0.15, -0.1) is 0 Å². The first-order valence-corrected chi connectivity index (χ1v) is 6.89. The second-order valence-electron chi connectivity index (χ2n) is 3.93. The molecule has 1 heterocycles. The first-order chi connectivity index (χ1) is 9.22. The first kappa shape index (κ1) is 14.1. The van der Waals surface area contributed by atoms with E-state index >= 15 is 0 Å². The molecule has 4 nitrogen and oxygen atoms in total. The van der Waals surface area contributed by atoms with Gasteiger partial charge in [-0.2, -0.15) is 0 Å². The maximum atomic E-state index is 12.1. The molecule has 2 rings (SSSR count). The van der Waals surface area contributed by atoms with Crippen LogP contribution in [0.1, 0.15) is 22.2 Å². The van der Waals surface area contributed by atoms with Crippen LogP contribution in [0.3, 0.4) is 0 Å². The van der Waals surface area contributed by atoms with Gasteiger partial charge in [0.1, 0.15) is 11.9 Å². The molecule has 5 heteroatoms. The van der Waals surface area contributed by atoms with Crippen LogP contribution < -0.4 is 5.32 Å². The summed E-state index contributed by atoms with van der Waals surface area (Å²) in [5, 5.41) is 2.85. The molecule has 1 N–H and O–H groups in total. The Morgan fingerprint density at radius 2 is 2.16 bits per heavy atom. The molecule has 1 atom stereocenters.